The number of hydrogen-bond donors (Lipinski definition) is 2. The summed E-state index contributed by atoms with van der Waals surface area (Å²) < 4.78 is 10.8. The maximum absolute atomic E-state index is 12.7. The van der Waals surface area contributed by atoms with Crippen molar-refractivity contribution in [2.75, 3.05) is 17.7 Å². The first-order valence-electron chi connectivity index (χ1n) is 9.87. The summed E-state index contributed by atoms with van der Waals surface area (Å²) in [5, 5.41) is 16.4. The lowest BCUT2D eigenvalue weighted by Gasteiger charge is -2.27. The summed E-state index contributed by atoms with van der Waals surface area (Å²) in [5.41, 5.74) is 2.84. The second-order valence-corrected chi connectivity index (χ2v) is 8.05. The molecule has 2 N–H and O–H groups in total. The van der Waals surface area contributed by atoms with E-state index in [0.717, 1.165) is 5.56 Å². The molecular weight excluding hydrogens is 426 g/mol. The minimum Gasteiger partial charge on any atom is -0.468 e. The van der Waals surface area contributed by atoms with Gasteiger partial charge in [0.15, 0.2) is 0 Å². The number of carbonyl (C=O) groups excluding carboxylic acids is 2. The van der Waals surface area contributed by atoms with Crippen LogP contribution in [0.5, 0.6) is 0 Å². The molecule has 0 saturated heterocycles. The second-order valence-electron chi connectivity index (χ2n) is 7.06. The van der Waals surface area contributed by atoms with Crippen LogP contribution < -0.4 is 10.6 Å². The second kappa shape index (κ2) is 10.6. The maximum Gasteiger partial charge on any atom is 0.337 e. The fourth-order valence-corrected chi connectivity index (χ4v) is 4.20. The number of anilines is 1. The van der Waals surface area contributed by atoms with Crippen LogP contribution >= 0.6 is 11.8 Å². The van der Waals surface area contributed by atoms with E-state index in [-0.39, 0.29) is 29.4 Å². The predicted molar refractivity (Wildman–Crippen MR) is 123 cm³/mol. The highest BCUT2D eigenvalue weighted by molar-refractivity contribution is 8.03. The molecule has 7 nitrogen and oxygen atoms in total. The molecule has 164 valence electrons. The summed E-state index contributed by atoms with van der Waals surface area (Å²) in [7, 11) is 0. The molecule has 1 atom stereocenters. The van der Waals surface area contributed by atoms with E-state index >= 15 is 0 Å². The van der Waals surface area contributed by atoms with Gasteiger partial charge in [0.1, 0.15) is 12.4 Å². The van der Waals surface area contributed by atoms with Gasteiger partial charge in [-0.1, -0.05) is 36.5 Å². The van der Waals surface area contributed by atoms with Crippen LogP contribution in [0, 0.1) is 18.3 Å². The van der Waals surface area contributed by atoms with Gasteiger partial charge in [-0.3, -0.25) is 4.79 Å². The van der Waals surface area contributed by atoms with Crippen LogP contribution in [0.1, 0.15) is 24.2 Å². The van der Waals surface area contributed by atoms with Crippen molar-refractivity contribution < 1.29 is 18.7 Å². The van der Waals surface area contributed by atoms with Crippen LogP contribution in [0.2, 0.25) is 0 Å². The third-order valence-electron chi connectivity index (χ3n) is 4.68. The molecule has 3 rings (SSSR count). The number of hydrogen-bond acceptors (Lipinski definition) is 7. The van der Waals surface area contributed by atoms with Gasteiger partial charge in [0.25, 0.3) is 0 Å². The van der Waals surface area contributed by atoms with E-state index in [0.29, 0.717) is 22.2 Å². The van der Waals surface area contributed by atoms with Gasteiger partial charge in [0.05, 0.1) is 40.2 Å². The zero-order valence-electron chi connectivity index (χ0n) is 17.8. The standard InChI is InChI=1S/C24H23N3O4S/c1-4-10-31-24(29)21-16(3)26-23(18(13-25)22(21)19-9-6-11-30-19)32-14-20(28)27-17-8-5-7-15(2)12-17/h4-9,11-12,22,26H,1,10,14H2,2-3H3,(H,27,28)/t22-/m1/s1. The quantitative estimate of drug-likeness (QED) is 0.455. The van der Waals surface area contributed by atoms with Crippen LogP contribution in [0.4, 0.5) is 5.69 Å². The number of furan rings is 1. The topological polar surface area (TPSA) is 104 Å². The van der Waals surface area contributed by atoms with Gasteiger partial charge in [-0.2, -0.15) is 5.26 Å². The van der Waals surface area contributed by atoms with Crippen molar-refractivity contribution in [1.82, 2.24) is 5.32 Å². The number of thioether (sulfide) groups is 1. The number of ether oxygens (including phenoxy) is 1. The average molecular weight is 450 g/mol. The summed E-state index contributed by atoms with van der Waals surface area (Å²) in [6.45, 7) is 7.27. The first kappa shape index (κ1) is 23.0. The normalized spacial score (nSPS) is 15.6. The van der Waals surface area contributed by atoms with Crippen LogP contribution in [-0.4, -0.2) is 24.2 Å². The summed E-state index contributed by atoms with van der Waals surface area (Å²) >= 11 is 1.19. The molecule has 2 aromatic rings. The number of amides is 1. The Labute approximate surface area is 190 Å². The highest BCUT2D eigenvalue weighted by atomic mass is 32.2. The monoisotopic (exact) mass is 449 g/mol. The van der Waals surface area contributed by atoms with Crippen LogP contribution in [-0.2, 0) is 14.3 Å². The van der Waals surface area contributed by atoms with E-state index in [9.17, 15) is 14.9 Å². The smallest absolute Gasteiger partial charge is 0.337 e. The van der Waals surface area contributed by atoms with Crippen molar-refractivity contribution in [1.29, 1.82) is 5.26 Å². The van der Waals surface area contributed by atoms with Gasteiger partial charge in [-0.05, 0) is 43.7 Å². The number of nitriles is 1. The fraction of sp³-hybridized carbons (Fsp3) is 0.208. The van der Waals surface area contributed by atoms with Crippen molar-refractivity contribution in [3.8, 4) is 6.07 Å². The minimum absolute atomic E-state index is 0.0484. The zero-order valence-corrected chi connectivity index (χ0v) is 18.6. The average Bonchev–Trinajstić information content (AvgIpc) is 3.30. The highest BCUT2D eigenvalue weighted by Gasteiger charge is 2.37. The summed E-state index contributed by atoms with van der Waals surface area (Å²) in [6.07, 6.45) is 2.96. The van der Waals surface area contributed by atoms with Gasteiger partial charge in [0.2, 0.25) is 5.91 Å². The lowest BCUT2D eigenvalue weighted by atomic mass is 9.86. The molecule has 0 bridgehead atoms. The van der Waals surface area contributed by atoms with Gasteiger partial charge in [0, 0.05) is 11.4 Å². The molecule has 0 saturated carbocycles. The number of benzene rings is 1. The Bertz CT molecular complexity index is 1130. The van der Waals surface area contributed by atoms with Crippen molar-refractivity contribution in [2.45, 2.75) is 19.8 Å². The molecule has 1 aliphatic heterocycles. The number of esters is 1. The van der Waals surface area contributed by atoms with E-state index in [1.807, 2.05) is 31.2 Å². The molecular formula is C24H23N3O4S. The minimum atomic E-state index is -0.740. The maximum atomic E-state index is 12.7. The third-order valence-corrected chi connectivity index (χ3v) is 5.69. The lowest BCUT2D eigenvalue weighted by Crippen LogP contribution is -2.29. The van der Waals surface area contributed by atoms with E-state index in [2.05, 4.69) is 23.3 Å². The largest absolute Gasteiger partial charge is 0.468 e. The Balaban J connectivity index is 1.84. The van der Waals surface area contributed by atoms with Crippen molar-refractivity contribution >= 4 is 29.3 Å². The van der Waals surface area contributed by atoms with Crippen molar-refractivity contribution in [3.05, 3.63) is 88.5 Å². The van der Waals surface area contributed by atoms with Crippen molar-refractivity contribution in [3.63, 3.8) is 0 Å². The number of aryl methyl sites for hydroxylation is 1. The van der Waals surface area contributed by atoms with Gasteiger partial charge >= 0.3 is 5.97 Å². The number of dihydropyridines is 1. The highest BCUT2D eigenvalue weighted by Crippen LogP contribution is 2.41. The number of carbonyl (C=O) groups is 2. The number of nitrogens with zero attached hydrogens (tertiary/aromatic N) is 1. The van der Waals surface area contributed by atoms with E-state index in [4.69, 9.17) is 9.15 Å². The molecule has 1 aromatic heterocycles. The Morgan fingerprint density at radius 1 is 1.34 bits per heavy atom. The molecule has 0 aliphatic carbocycles. The number of nitrogens with one attached hydrogen (secondary N) is 2. The molecule has 0 fully saturated rings. The third kappa shape index (κ3) is 5.31. The lowest BCUT2D eigenvalue weighted by molar-refractivity contribution is -0.138. The van der Waals surface area contributed by atoms with Gasteiger partial charge in [-0.25, -0.2) is 4.79 Å². The molecule has 32 heavy (non-hydrogen) atoms. The van der Waals surface area contributed by atoms with E-state index in [1.54, 1.807) is 19.1 Å². The predicted octanol–water partition coefficient (Wildman–Crippen LogP) is 4.39. The molecule has 2 heterocycles. The summed E-state index contributed by atoms with van der Waals surface area (Å²) in [5.74, 6) is -0.994. The molecule has 0 unspecified atom stereocenters. The van der Waals surface area contributed by atoms with Gasteiger partial charge < -0.3 is 19.8 Å². The Hall–Kier alpha value is -3.70. The zero-order chi connectivity index (χ0) is 23.1. The molecule has 1 amide bonds. The fourth-order valence-electron chi connectivity index (χ4n) is 3.31. The number of rotatable bonds is 8. The number of allylic oxidation sites excluding steroid dienone is 2. The van der Waals surface area contributed by atoms with Crippen LogP contribution in [0.3, 0.4) is 0 Å². The van der Waals surface area contributed by atoms with Gasteiger partial charge in [-0.15, -0.1) is 0 Å². The Kier molecular flexibility index (Phi) is 7.58. The van der Waals surface area contributed by atoms with Crippen molar-refractivity contribution in [2.24, 2.45) is 0 Å². The molecule has 0 spiro atoms. The summed E-state index contributed by atoms with van der Waals surface area (Å²) in [6, 6.07) is 13.1. The first-order valence-corrected chi connectivity index (χ1v) is 10.9. The Morgan fingerprint density at radius 2 is 2.16 bits per heavy atom. The first-order chi connectivity index (χ1) is 15.4. The summed E-state index contributed by atoms with van der Waals surface area (Å²) in [4.78, 5) is 25.2. The van der Waals surface area contributed by atoms with E-state index < -0.39 is 11.9 Å². The van der Waals surface area contributed by atoms with Crippen LogP contribution in [0.25, 0.3) is 0 Å². The molecule has 0 radical (unpaired) electrons. The van der Waals surface area contributed by atoms with E-state index in [1.165, 1.54) is 24.1 Å². The molecule has 1 aliphatic rings. The molecule has 8 heteroatoms. The Morgan fingerprint density at radius 3 is 2.81 bits per heavy atom. The SMILES string of the molecule is C=CCOC(=O)C1=C(C)NC(SCC(=O)Nc2cccc(C)c2)=C(C#N)[C@@H]1c1ccco1. The molecule has 1 aromatic carbocycles. The van der Waals surface area contributed by atoms with Crippen LogP contribution in [0.15, 0.2) is 81.6 Å².